The minimum Gasteiger partial charge on any atom is -0.353 e. The lowest BCUT2D eigenvalue weighted by molar-refractivity contribution is -0.126. The number of nitrogens with two attached hydrogens (primary N) is 1. The van der Waals surface area contributed by atoms with Crippen LogP contribution in [-0.2, 0) is 4.79 Å². The third kappa shape index (κ3) is 5.74. The quantitative estimate of drug-likeness (QED) is 0.583. The average molecular weight is 215 g/mol. The van der Waals surface area contributed by atoms with Crippen LogP contribution in [0.2, 0.25) is 0 Å². The molecule has 0 saturated heterocycles. The van der Waals surface area contributed by atoms with E-state index in [-0.39, 0.29) is 11.9 Å². The van der Waals surface area contributed by atoms with E-state index in [1.807, 2.05) is 20.8 Å². The Morgan fingerprint density at radius 2 is 2.07 bits per heavy atom. The van der Waals surface area contributed by atoms with E-state index in [2.05, 4.69) is 10.6 Å². The largest absolute Gasteiger partial charge is 0.353 e. The molecule has 1 unspecified atom stereocenters. The Kier molecular flexibility index (Phi) is 6.52. The Morgan fingerprint density at radius 3 is 2.53 bits per heavy atom. The summed E-state index contributed by atoms with van der Waals surface area (Å²) in [5, 5.41) is 6.09. The van der Waals surface area contributed by atoms with Gasteiger partial charge in [0, 0.05) is 12.6 Å². The van der Waals surface area contributed by atoms with Gasteiger partial charge in [0.25, 0.3) is 0 Å². The van der Waals surface area contributed by atoms with E-state index in [0.29, 0.717) is 13.0 Å². The van der Waals surface area contributed by atoms with Crippen LogP contribution < -0.4 is 16.4 Å². The molecule has 0 radical (unpaired) electrons. The van der Waals surface area contributed by atoms with Gasteiger partial charge in [0.15, 0.2) is 0 Å². The van der Waals surface area contributed by atoms with Crippen LogP contribution in [0, 0.1) is 0 Å². The van der Waals surface area contributed by atoms with Gasteiger partial charge < -0.3 is 16.4 Å². The molecule has 0 bridgehead atoms. The lowest BCUT2D eigenvalue weighted by Gasteiger charge is -2.24. The fraction of sp³-hybridized carbons (Fsp3) is 0.909. The topological polar surface area (TPSA) is 67.2 Å². The van der Waals surface area contributed by atoms with Crippen molar-refractivity contribution >= 4 is 5.91 Å². The van der Waals surface area contributed by atoms with E-state index < -0.39 is 5.54 Å². The van der Waals surface area contributed by atoms with E-state index >= 15 is 0 Å². The number of carbonyl (C=O) groups excluding carboxylic acids is 1. The summed E-state index contributed by atoms with van der Waals surface area (Å²) in [5.41, 5.74) is 5.16. The first-order valence-corrected chi connectivity index (χ1v) is 5.74. The highest BCUT2D eigenvalue weighted by Gasteiger charge is 2.26. The van der Waals surface area contributed by atoms with E-state index in [9.17, 15) is 4.79 Å². The number of hydrogen-bond acceptors (Lipinski definition) is 3. The van der Waals surface area contributed by atoms with E-state index in [4.69, 9.17) is 5.73 Å². The second-order valence-corrected chi connectivity index (χ2v) is 4.34. The van der Waals surface area contributed by atoms with Crippen LogP contribution in [-0.4, -0.2) is 30.6 Å². The molecule has 0 aromatic carbocycles. The fourth-order valence-electron chi connectivity index (χ4n) is 1.50. The summed E-state index contributed by atoms with van der Waals surface area (Å²) < 4.78 is 0. The molecule has 4 heteroatoms. The van der Waals surface area contributed by atoms with Gasteiger partial charge in [-0.1, -0.05) is 20.3 Å². The lowest BCUT2D eigenvalue weighted by Crippen LogP contribution is -2.53. The average Bonchev–Trinajstić information content (AvgIpc) is 2.14. The second-order valence-electron chi connectivity index (χ2n) is 4.34. The zero-order chi connectivity index (χ0) is 11.9. The van der Waals surface area contributed by atoms with Gasteiger partial charge in [-0.2, -0.15) is 0 Å². The molecule has 15 heavy (non-hydrogen) atoms. The molecule has 90 valence electrons. The van der Waals surface area contributed by atoms with Crippen molar-refractivity contribution in [2.24, 2.45) is 5.73 Å². The molecule has 0 aromatic heterocycles. The predicted molar refractivity (Wildman–Crippen MR) is 63.6 cm³/mol. The Bertz CT molecular complexity index is 192. The van der Waals surface area contributed by atoms with Crippen LogP contribution in [0.5, 0.6) is 0 Å². The molecule has 1 amide bonds. The van der Waals surface area contributed by atoms with Gasteiger partial charge in [0.1, 0.15) is 0 Å². The standard InChI is InChI=1S/C11H25N3O/c1-5-7-11(4,12)10(15)14-8-9(3)13-6-2/h9,13H,5-8,12H2,1-4H3,(H,14,15)/t9-,11?/m1/s1. The summed E-state index contributed by atoms with van der Waals surface area (Å²) in [6, 6.07) is 0.288. The molecule has 4 nitrogen and oxygen atoms in total. The van der Waals surface area contributed by atoms with Crippen LogP contribution >= 0.6 is 0 Å². The molecule has 4 N–H and O–H groups in total. The summed E-state index contributed by atoms with van der Waals surface area (Å²) in [4.78, 5) is 11.7. The number of nitrogens with one attached hydrogen (secondary N) is 2. The van der Waals surface area contributed by atoms with E-state index in [1.54, 1.807) is 6.92 Å². The van der Waals surface area contributed by atoms with Gasteiger partial charge in [0.2, 0.25) is 5.91 Å². The number of carbonyl (C=O) groups is 1. The molecule has 0 fully saturated rings. The molecule has 0 heterocycles. The summed E-state index contributed by atoms with van der Waals surface area (Å²) in [7, 11) is 0. The van der Waals surface area contributed by atoms with E-state index in [0.717, 1.165) is 13.0 Å². The number of likely N-dealkylation sites (N-methyl/N-ethyl adjacent to an activating group) is 1. The summed E-state index contributed by atoms with van der Waals surface area (Å²) >= 11 is 0. The van der Waals surface area contributed by atoms with Gasteiger partial charge in [-0.05, 0) is 26.8 Å². The first-order valence-electron chi connectivity index (χ1n) is 5.74. The zero-order valence-corrected chi connectivity index (χ0v) is 10.4. The maximum Gasteiger partial charge on any atom is 0.239 e. The molecule has 2 atom stereocenters. The van der Waals surface area contributed by atoms with Crippen LogP contribution in [0.1, 0.15) is 40.5 Å². The number of hydrogen-bond donors (Lipinski definition) is 3. The highest BCUT2D eigenvalue weighted by molar-refractivity contribution is 5.85. The molecule has 0 aliphatic heterocycles. The second kappa shape index (κ2) is 6.80. The Balaban J connectivity index is 3.92. The van der Waals surface area contributed by atoms with Crippen LogP contribution in [0.4, 0.5) is 0 Å². The maximum atomic E-state index is 11.7. The first kappa shape index (κ1) is 14.4. The highest BCUT2D eigenvalue weighted by atomic mass is 16.2. The first-order chi connectivity index (χ1) is 6.94. The van der Waals surface area contributed by atoms with Gasteiger partial charge >= 0.3 is 0 Å². The molecule has 0 aliphatic rings. The number of amides is 1. The molecular weight excluding hydrogens is 190 g/mol. The van der Waals surface area contributed by atoms with Gasteiger partial charge in [-0.25, -0.2) is 0 Å². The van der Waals surface area contributed by atoms with Gasteiger partial charge in [-0.3, -0.25) is 4.79 Å². The minimum absolute atomic E-state index is 0.0610. The minimum atomic E-state index is -0.735. The normalized spacial score (nSPS) is 16.9. The SMILES string of the molecule is CCCC(C)(N)C(=O)NC[C@@H](C)NCC. The third-order valence-electron chi connectivity index (χ3n) is 2.41. The molecule has 0 aliphatic carbocycles. The third-order valence-corrected chi connectivity index (χ3v) is 2.41. The Hall–Kier alpha value is -0.610. The Labute approximate surface area is 93.0 Å². The van der Waals surface area contributed by atoms with Crippen molar-refractivity contribution in [3.8, 4) is 0 Å². The van der Waals surface area contributed by atoms with Crippen LogP contribution in [0.25, 0.3) is 0 Å². The summed E-state index contributed by atoms with van der Waals surface area (Å²) in [5.74, 6) is -0.0610. The highest BCUT2D eigenvalue weighted by Crippen LogP contribution is 2.07. The van der Waals surface area contributed by atoms with Crippen molar-refractivity contribution in [2.75, 3.05) is 13.1 Å². The fourth-order valence-corrected chi connectivity index (χ4v) is 1.50. The summed E-state index contributed by atoms with van der Waals surface area (Å²) in [6.07, 6.45) is 1.64. The zero-order valence-electron chi connectivity index (χ0n) is 10.4. The van der Waals surface area contributed by atoms with E-state index in [1.165, 1.54) is 0 Å². The molecule has 0 saturated carbocycles. The van der Waals surface area contributed by atoms with Gasteiger partial charge in [0.05, 0.1) is 5.54 Å². The lowest BCUT2D eigenvalue weighted by atomic mass is 9.96. The van der Waals surface area contributed by atoms with Crippen LogP contribution in [0.3, 0.4) is 0 Å². The number of rotatable bonds is 7. The van der Waals surface area contributed by atoms with Crippen molar-refractivity contribution in [3.63, 3.8) is 0 Å². The van der Waals surface area contributed by atoms with Crippen molar-refractivity contribution in [2.45, 2.75) is 52.1 Å². The van der Waals surface area contributed by atoms with Crippen molar-refractivity contribution < 1.29 is 4.79 Å². The molecule has 0 aromatic rings. The van der Waals surface area contributed by atoms with Crippen molar-refractivity contribution in [1.29, 1.82) is 0 Å². The molecule has 0 spiro atoms. The van der Waals surface area contributed by atoms with Crippen LogP contribution in [0.15, 0.2) is 0 Å². The monoisotopic (exact) mass is 215 g/mol. The van der Waals surface area contributed by atoms with Crippen molar-refractivity contribution in [3.05, 3.63) is 0 Å². The maximum absolute atomic E-state index is 11.7. The molecule has 0 rings (SSSR count). The smallest absolute Gasteiger partial charge is 0.239 e. The predicted octanol–water partition coefficient (Wildman–Crippen LogP) is 0.618. The Morgan fingerprint density at radius 1 is 1.47 bits per heavy atom. The van der Waals surface area contributed by atoms with Crippen molar-refractivity contribution in [1.82, 2.24) is 10.6 Å². The molecular formula is C11H25N3O. The van der Waals surface area contributed by atoms with Gasteiger partial charge in [-0.15, -0.1) is 0 Å². The summed E-state index contributed by atoms with van der Waals surface area (Å²) in [6.45, 7) is 9.43.